The number of nitrogens with zero attached hydrogens (tertiary/aromatic N) is 2. The van der Waals surface area contributed by atoms with Gasteiger partial charge in [-0.3, -0.25) is 9.28 Å². The van der Waals surface area contributed by atoms with Gasteiger partial charge in [0.25, 0.3) is 0 Å². The number of aryl methyl sites for hydroxylation is 2. The molecule has 34 heavy (non-hydrogen) atoms. The lowest BCUT2D eigenvalue weighted by molar-refractivity contribution is -0.137. The Morgan fingerprint density at radius 3 is 2.71 bits per heavy atom. The molecule has 0 fully saturated rings. The zero-order valence-electron chi connectivity index (χ0n) is 20.6. The third kappa shape index (κ3) is 5.09. The Balaban J connectivity index is 1.42. The second-order valence-electron chi connectivity index (χ2n) is 9.71. The van der Waals surface area contributed by atoms with Gasteiger partial charge in [0.2, 0.25) is 5.89 Å². The first-order valence-electron chi connectivity index (χ1n) is 11.6. The van der Waals surface area contributed by atoms with Crippen molar-refractivity contribution in [3.63, 3.8) is 0 Å². The Labute approximate surface area is 200 Å². The fourth-order valence-electron chi connectivity index (χ4n) is 4.59. The summed E-state index contributed by atoms with van der Waals surface area (Å²) in [5.41, 5.74) is 5.16. The predicted octanol–water partition coefficient (Wildman–Crippen LogP) is 4.98. The maximum absolute atomic E-state index is 11.1. The number of oxazole rings is 1. The molecule has 0 saturated carbocycles. The lowest BCUT2D eigenvalue weighted by atomic mass is 9.98. The molecule has 0 unspecified atom stereocenters. The first-order valence-corrected chi connectivity index (χ1v) is 11.6. The Kier molecular flexibility index (Phi) is 6.66. The molecular weight excluding hydrogens is 432 g/mol. The van der Waals surface area contributed by atoms with E-state index in [1.54, 1.807) is 7.11 Å². The fourth-order valence-corrected chi connectivity index (χ4v) is 4.59. The second-order valence-corrected chi connectivity index (χ2v) is 9.71. The predicted molar refractivity (Wildman–Crippen MR) is 132 cm³/mol. The number of rotatable bonds is 9. The Hall–Kier alpha value is -3.32. The zero-order valence-corrected chi connectivity index (χ0v) is 20.6. The van der Waals surface area contributed by atoms with Crippen LogP contribution in [0.5, 0.6) is 11.5 Å². The molecule has 0 saturated heterocycles. The lowest BCUT2D eigenvalue weighted by Gasteiger charge is -2.25. The highest BCUT2D eigenvalue weighted by molar-refractivity contribution is 5.68. The van der Waals surface area contributed by atoms with Crippen molar-refractivity contribution in [3.8, 4) is 23.0 Å². The fraction of sp³-hybridized carbons (Fsp3) is 0.407. The van der Waals surface area contributed by atoms with E-state index >= 15 is 0 Å². The molecule has 0 radical (unpaired) electrons. The minimum absolute atomic E-state index is 0.105. The molecule has 1 aromatic heterocycles. The summed E-state index contributed by atoms with van der Waals surface area (Å²) in [6.45, 7) is 2.41. The van der Waals surface area contributed by atoms with Gasteiger partial charge >= 0.3 is 5.97 Å². The number of hydrogen-bond acceptors (Lipinski definition) is 5. The monoisotopic (exact) mass is 465 g/mol. The molecular formula is C27H33N2O5+. The maximum atomic E-state index is 11.1. The molecule has 1 N–H and O–H groups in total. The minimum atomic E-state index is -0.746. The highest BCUT2D eigenvalue weighted by Gasteiger charge is 2.25. The molecule has 4 rings (SSSR count). The van der Waals surface area contributed by atoms with Crippen LogP contribution in [0.15, 0.2) is 40.8 Å². The Morgan fingerprint density at radius 2 is 2.00 bits per heavy atom. The Morgan fingerprint density at radius 1 is 1.21 bits per heavy atom. The number of quaternary nitrogens is 1. The average Bonchev–Trinajstić information content (AvgIpc) is 3.35. The van der Waals surface area contributed by atoms with E-state index in [0.29, 0.717) is 23.4 Å². The number of aromatic nitrogens is 1. The minimum Gasteiger partial charge on any atom is -0.493 e. The van der Waals surface area contributed by atoms with Crippen LogP contribution in [0.1, 0.15) is 41.3 Å². The number of aliphatic carboxylic acids is 1. The van der Waals surface area contributed by atoms with E-state index < -0.39 is 5.97 Å². The Bertz CT molecular complexity index is 1190. The number of carbonyl (C=O) groups is 1. The molecule has 0 spiro atoms. The van der Waals surface area contributed by atoms with Crippen LogP contribution in [-0.4, -0.2) is 50.9 Å². The smallest absolute Gasteiger partial charge is 0.303 e. The molecule has 1 heterocycles. The van der Waals surface area contributed by atoms with Gasteiger partial charge in [0, 0.05) is 18.1 Å². The van der Waals surface area contributed by atoms with E-state index in [4.69, 9.17) is 24.0 Å². The van der Waals surface area contributed by atoms with Gasteiger partial charge in [0.05, 0.1) is 47.0 Å². The first kappa shape index (κ1) is 23.8. The van der Waals surface area contributed by atoms with Gasteiger partial charge in [-0.2, -0.15) is 0 Å². The largest absolute Gasteiger partial charge is 0.493 e. The zero-order chi connectivity index (χ0) is 24.5. The van der Waals surface area contributed by atoms with E-state index in [-0.39, 0.29) is 12.3 Å². The maximum Gasteiger partial charge on any atom is 0.303 e. The van der Waals surface area contributed by atoms with Crippen molar-refractivity contribution in [2.75, 3.05) is 34.9 Å². The summed E-state index contributed by atoms with van der Waals surface area (Å²) in [5, 5.41) is 9.10. The molecule has 7 nitrogen and oxygen atoms in total. The van der Waals surface area contributed by atoms with Crippen LogP contribution in [0.4, 0.5) is 5.69 Å². The van der Waals surface area contributed by atoms with Gasteiger partial charge in [0.15, 0.2) is 11.4 Å². The average molecular weight is 466 g/mol. The van der Waals surface area contributed by atoms with Gasteiger partial charge in [-0.05, 0) is 61.1 Å². The van der Waals surface area contributed by atoms with E-state index in [2.05, 4.69) is 27.2 Å². The molecule has 1 aliphatic carbocycles. The van der Waals surface area contributed by atoms with E-state index in [1.807, 2.05) is 37.3 Å². The second kappa shape index (κ2) is 9.50. The highest BCUT2D eigenvalue weighted by atomic mass is 16.5. The SMILES string of the molecule is COc1ccc(-c2nc(CCOc3ccc4c(c3)CC[C@H]4CC(=O)O)c(C)o2)cc1[N+](C)(C)C. The van der Waals surface area contributed by atoms with Crippen LogP contribution in [0.2, 0.25) is 0 Å². The van der Waals surface area contributed by atoms with Crippen molar-refractivity contribution in [1.82, 2.24) is 9.47 Å². The van der Waals surface area contributed by atoms with Crippen LogP contribution in [0, 0.1) is 6.92 Å². The third-order valence-electron chi connectivity index (χ3n) is 6.39. The number of fused-ring (bicyclic) bond motifs is 1. The summed E-state index contributed by atoms with van der Waals surface area (Å²) in [7, 11) is 7.96. The molecule has 1 aliphatic rings. The summed E-state index contributed by atoms with van der Waals surface area (Å²) in [6.07, 6.45) is 2.60. The molecule has 2 aromatic carbocycles. The number of carboxylic acids is 1. The summed E-state index contributed by atoms with van der Waals surface area (Å²) in [6, 6.07) is 12.0. The standard InChI is InChI=1S/C27H32N2O5/c1-17-23(28-27(34-17)20-8-11-25(32-5)24(15-20)29(2,3)4)12-13-33-21-9-10-22-18(14-21)6-7-19(22)16-26(30)31/h8-11,14-15,19H,6-7,12-13,16H2,1-5H3/p+1/t19-/m0/s1. The van der Waals surface area contributed by atoms with Crippen molar-refractivity contribution >= 4 is 11.7 Å². The first-order chi connectivity index (χ1) is 16.2. The van der Waals surface area contributed by atoms with Crippen molar-refractivity contribution in [1.29, 1.82) is 0 Å². The van der Waals surface area contributed by atoms with Gasteiger partial charge in [-0.1, -0.05) is 6.07 Å². The number of benzene rings is 2. The third-order valence-corrected chi connectivity index (χ3v) is 6.39. The molecule has 3 aromatic rings. The van der Waals surface area contributed by atoms with Crippen molar-refractivity contribution in [2.24, 2.45) is 0 Å². The normalized spacial score (nSPS) is 15.3. The van der Waals surface area contributed by atoms with Crippen molar-refractivity contribution < 1.29 is 23.8 Å². The number of hydrogen-bond donors (Lipinski definition) is 1. The number of ether oxygens (including phenoxy) is 2. The van der Waals surface area contributed by atoms with Crippen molar-refractivity contribution in [3.05, 3.63) is 59.0 Å². The molecule has 7 heteroatoms. The van der Waals surface area contributed by atoms with E-state index in [0.717, 1.165) is 52.6 Å². The van der Waals surface area contributed by atoms with Gasteiger partial charge < -0.3 is 19.0 Å². The lowest BCUT2D eigenvalue weighted by Crippen LogP contribution is -2.35. The topological polar surface area (TPSA) is 81.8 Å². The summed E-state index contributed by atoms with van der Waals surface area (Å²) in [5.74, 6) is 2.37. The molecule has 0 amide bonds. The van der Waals surface area contributed by atoms with Gasteiger partial charge in [0.1, 0.15) is 11.5 Å². The number of carboxylic acid groups (broad SMARTS) is 1. The molecule has 0 aliphatic heterocycles. The quantitative estimate of drug-likeness (QED) is 0.449. The van der Waals surface area contributed by atoms with Gasteiger partial charge in [-0.25, -0.2) is 4.98 Å². The molecule has 180 valence electrons. The van der Waals surface area contributed by atoms with Crippen LogP contribution >= 0.6 is 0 Å². The van der Waals surface area contributed by atoms with Gasteiger partial charge in [-0.15, -0.1) is 0 Å². The molecule has 1 atom stereocenters. The summed E-state index contributed by atoms with van der Waals surface area (Å²) >= 11 is 0. The number of methoxy groups -OCH3 is 1. The molecule has 0 bridgehead atoms. The highest BCUT2D eigenvalue weighted by Crippen LogP contribution is 2.38. The summed E-state index contributed by atoms with van der Waals surface area (Å²) < 4.78 is 18.1. The summed E-state index contributed by atoms with van der Waals surface area (Å²) in [4.78, 5) is 15.8. The van der Waals surface area contributed by atoms with Crippen LogP contribution < -0.4 is 14.0 Å². The van der Waals surface area contributed by atoms with Crippen LogP contribution in [0.3, 0.4) is 0 Å². The van der Waals surface area contributed by atoms with E-state index in [1.165, 1.54) is 5.56 Å². The van der Waals surface area contributed by atoms with Crippen LogP contribution in [-0.2, 0) is 17.6 Å². The van der Waals surface area contributed by atoms with E-state index in [9.17, 15) is 4.79 Å². The van der Waals surface area contributed by atoms with Crippen molar-refractivity contribution in [2.45, 2.75) is 38.5 Å². The van der Waals surface area contributed by atoms with Crippen LogP contribution in [0.25, 0.3) is 11.5 Å².